The van der Waals surface area contributed by atoms with E-state index >= 15 is 0 Å². The Bertz CT molecular complexity index is 1650. The minimum absolute atomic E-state index is 0.198. The molecule has 1 fully saturated rings. The van der Waals surface area contributed by atoms with Crippen molar-refractivity contribution in [2.24, 2.45) is 0 Å². The van der Waals surface area contributed by atoms with Gasteiger partial charge in [-0.15, -0.1) is 0 Å². The monoisotopic (exact) mass is 593 g/mol. The van der Waals surface area contributed by atoms with Gasteiger partial charge in [-0.05, 0) is 27.5 Å². The topological polar surface area (TPSA) is 111 Å². The molecule has 10 heteroatoms. The predicted molar refractivity (Wildman–Crippen MR) is 168 cm³/mol. The first-order chi connectivity index (χ1) is 20.8. The van der Waals surface area contributed by atoms with Gasteiger partial charge in [0.1, 0.15) is 18.7 Å². The molecule has 3 atom stereocenters. The third kappa shape index (κ3) is 5.50. The summed E-state index contributed by atoms with van der Waals surface area (Å²) in [5.74, 6) is 0.0194. The Kier molecular flexibility index (Phi) is 7.93. The van der Waals surface area contributed by atoms with E-state index in [0.29, 0.717) is 29.0 Å². The number of hydrogen-bond donors (Lipinski definition) is 2. The fraction of sp³-hybridized carbons (Fsp3) is 0.273. The molecule has 1 saturated heterocycles. The van der Waals surface area contributed by atoms with Crippen LogP contribution in [0.25, 0.3) is 11.2 Å². The van der Waals surface area contributed by atoms with E-state index < -0.39 is 26.8 Å². The number of hydrogen-bond acceptors (Lipinski definition) is 7. The summed E-state index contributed by atoms with van der Waals surface area (Å²) in [5, 5.41) is 16.1. The Balaban J connectivity index is 1.24. The molecule has 0 radical (unpaired) electrons. The van der Waals surface area contributed by atoms with Gasteiger partial charge in [-0.2, -0.15) is 0 Å². The largest absolute Gasteiger partial charge is 0.405 e. The zero-order valence-corrected chi connectivity index (χ0v) is 25.4. The zero-order chi connectivity index (χ0) is 30.0. The molecule has 3 heterocycles. The number of nitrogens with one attached hydrogen (secondary N) is 1. The lowest BCUT2D eigenvalue weighted by Crippen LogP contribution is -2.67. The molecule has 2 N–H and O–H groups in total. The van der Waals surface area contributed by atoms with Gasteiger partial charge in [0.05, 0.1) is 19.0 Å². The van der Waals surface area contributed by atoms with Crippen molar-refractivity contribution in [2.45, 2.75) is 50.7 Å². The lowest BCUT2D eigenvalue weighted by Gasteiger charge is -2.43. The summed E-state index contributed by atoms with van der Waals surface area (Å²) < 4.78 is 15.2. The van der Waals surface area contributed by atoms with Gasteiger partial charge in [0.25, 0.3) is 14.2 Å². The first kappa shape index (κ1) is 28.9. The Morgan fingerprint density at radius 3 is 2.16 bits per heavy atom. The maximum atomic E-state index is 12.8. The number of carbonyl (C=O) groups is 1. The molecule has 5 aromatic rings. The predicted octanol–water partition coefficient (Wildman–Crippen LogP) is 4.30. The van der Waals surface area contributed by atoms with Crippen molar-refractivity contribution in [1.29, 1.82) is 0 Å². The summed E-state index contributed by atoms with van der Waals surface area (Å²) in [6.45, 7) is 6.89. The molecule has 1 amide bonds. The normalized spacial score (nSPS) is 19.0. The average molecular weight is 594 g/mol. The zero-order valence-electron chi connectivity index (χ0n) is 24.4. The molecule has 6 rings (SSSR count). The SMILES string of the molecule is CC(C)(C)[Si](OCC1OC(n2cnc3c(NC(=O)c4ccccc4)ncnc32)CC1O)(c1ccccc1)c1ccccc1. The van der Waals surface area contributed by atoms with Crippen LogP contribution >= 0.6 is 0 Å². The second-order valence-corrected chi connectivity index (χ2v) is 16.1. The van der Waals surface area contributed by atoms with Gasteiger partial charge in [0, 0.05) is 12.0 Å². The fourth-order valence-corrected chi connectivity index (χ4v) is 10.5. The van der Waals surface area contributed by atoms with Crippen molar-refractivity contribution in [3.63, 3.8) is 0 Å². The summed E-state index contributed by atoms with van der Waals surface area (Å²) in [4.78, 5) is 25.9. The summed E-state index contributed by atoms with van der Waals surface area (Å²) in [6, 6.07) is 29.7. The van der Waals surface area contributed by atoms with Crippen LogP contribution in [0.3, 0.4) is 0 Å². The molecular weight excluding hydrogens is 558 g/mol. The molecule has 1 aliphatic rings. The summed E-state index contributed by atoms with van der Waals surface area (Å²) >= 11 is 0. The third-order valence-electron chi connectivity index (χ3n) is 8.02. The Morgan fingerprint density at radius 1 is 0.953 bits per heavy atom. The number of benzene rings is 3. The van der Waals surface area contributed by atoms with Gasteiger partial charge in [-0.3, -0.25) is 9.36 Å². The fourth-order valence-electron chi connectivity index (χ4n) is 5.93. The molecule has 0 aliphatic carbocycles. The summed E-state index contributed by atoms with van der Waals surface area (Å²) in [5.41, 5.74) is 1.46. The summed E-state index contributed by atoms with van der Waals surface area (Å²) in [6.07, 6.45) is 1.52. The summed E-state index contributed by atoms with van der Waals surface area (Å²) in [7, 11) is -2.80. The number of ether oxygens (including phenoxy) is 1. The quantitative estimate of drug-likeness (QED) is 0.258. The Labute approximate surface area is 251 Å². The molecule has 220 valence electrons. The van der Waals surface area contributed by atoms with Crippen LogP contribution in [0, 0.1) is 0 Å². The van der Waals surface area contributed by atoms with Crippen LogP contribution in [0.5, 0.6) is 0 Å². The molecule has 0 saturated carbocycles. The van der Waals surface area contributed by atoms with E-state index in [2.05, 4.69) is 89.6 Å². The number of aliphatic hydroxyl groups is 1. The van der Waals surface area contributed by atoms with Gasteiger partial charge in [-0.1, -0.05) is 99.6 Å². The maximum Gasteiger partial charge on any atom is 0.261 e. The Hall–Kier alpha value is -4.22. The van der Waals surface area contributed by atoms with Crippen LogP contribution in [0.4, 0.5) is 5.82 Å². The van der Waals surface area contributed by atoms with Gasteiger partial charge in [0.15, 0.2) is 17.0 Å². The van der Waals surface area contributed by atoms with Crippen molar-refractivity contribution < 1.29 is 19.1 Å². The van der Waals surface area contributed by atoms with Crippen molar-refractivity contribution in [2.75, 3.05) is 11.9 Å². The smallest absolute Gasteiger partial charge is 0.261 e. The van der Waals surface area contributed by atoms with E-state index in [0.717, 1.165) is 0 Å². The van der Waals surface area contributed by atoms with E-state index in [1.54, 1.807) is 35.2 Å². The van der Waals surface area contributed by atoms with Crippen molar-refractivity contribution in [3.8, 4) is 0 Å². The van der Waals surface area contributed by atoms with Crippen molar-refractivity contribution in [3.05, 3.63) is 109 Å². The van der Waals surface area contributed by atoms with Crippen LogP contribution in [0.15, 0.2) is 104 Å². The van der Waals surface area contributed by atoms with Gasteiger partial charge in [0.2, 0.25) is 0 Å². The number of anilines is 1. The van der Waals surface area contributed by atoms with E-state index in [1.165, 1.54) is 16.7 Å². The minimum Gasteiger partial charge on any atom is -0.405 e. The van der Waals surface area contributed by atoms with Crippen LogP contribution in [0.2, 0.25) is 5.04 Å². The standard InChI is InChI=1S/C33H35N5O4Si/c1-33(2,3)43(24-15-9-5-10-16-24,25-17-11-6-12-18-25)41-20-27-26(39)19-28(42-27)38-22-36-29-30(34-21-35-31(29)38)37-32(40)23-13-7-4-8-14-23/h4-18,21-22,26-28,39H,19-20H2,1-3H3,(H,34,35,37,40). The highest BCUT2D eigenvalue weighted by atomic mass is 28.4. The second-order valence-electron chi connectivity index (χ2n) is 11.8. The van der Waals surface area contributed by atoms with Crippen molar-refractivity contribution in [1.82, 2.24) is 19.5 Å². The van der Waals surface area contributed by atoms with E-state index in [9.17, 15) is 9.90 Å². The maximum absolute atomic E-state index is 12.8. The minimum atomic E-state index is -2.80. The molecule has 3 unspecified atom stereocenters. The number of aliphatic hydroxyl groups excluding tert-OH is 1. The average Bonchev–Trinajstić information content (AvgIpc) is 3.62. The first-order valence-electron chi connectivity index (χ1n) is 14.4. The Morgan fingerprint density at radius 2 is 1.56 bits per heavy atom. The van der Waals surface area contributed by atoms with Gasteiger partial charge >= 0.3 is 0 Å². The number of imidazole rings is 1. The molecular formula is C33H35N5O4Si. The van der Waals surface area contributed by atoms with Crippen LogP contribution in [0.1, 0.15) is 43.8 Å². The number of nitrogens with zero attached hydrogens (tertiary/aromatic N) is 4. The lowest BCUT2D eigenvalue weighted by molar-refractivity contribution is -0.0398. The molecule has 3 aromatic carbocycles. The highest BCUT2D eigenvalue weighted by molar-refractivity contribution is 6.99. The number of aromatic nitrogens is 4. The second kappa shape index (κ2) is 11.8. The van der Waals surface area contributed by atoms with Crippen LogP contribution in [-0.2, 0) is 9.16 Å². The first-order valence-corrected chi connectivity index (χ1v) is 16.3. The highest BCUT2D eigenvalue weighted by Crippen LogP contribution is 2.38. The third-order valence-corrected chi connectivity index (χ3v) is 13.0. The number of amides is 1. The number of rotatable bonds is 8. The molecule has 9 nitrogen and oxygen atoms in total. The molecule has 2 aromatic heterocycles. The van der Waals surface area contributed by atoms with E-state index in [1.807, 2.05) is 18.2 Å². The molecule has 0 spiro atoms. The van der Waals surface area contributed by atoms with Crippen LogP contribution in [-0.4, -0.2) is 57.7 Å². The number of fused-ring (bicyclic) bond motifs is 1. The molecule has 0 bridgehead atoms. The van der Waals surface area contributed by atoms with E-state index in [-0.39, 0.29) is 17.6 Å². The lowest BCUT2D eigenvalue weighted by atomic mass is 10.2. The van der Waals surface area contributed by atoms with Gasteiger partial charge in [-0.25, -0.2) is 15.0 Å². The van der Waals surface area contributed by atoms with E-state index in [4.69, 9.17) is 9.16 Å². The van der Waals surface area contributed by atoms with Crippen molar-refractivity contribution >= 4 is 41.6 Å². The highest BCUT2D eigenvalue weighted by Gasteiger charge is 2.51. The number of carbonyl (C=O) groups excluding carboxylic acids is 1. The van der Waals surface area contributed by atoms with Gasteiger partial charge < -0.3 is 19.6 Å². The molecule has 43 heavy (non-hydrogen) atoms. The van der Waals surface area contributed by atoms with Crippen LogP contribution < -0.4 is 15.7 Å². The molecule has 1 aliphatic heterocycles.